The van der Waals surface area contributed by atoms with Crippen LogP contribution >= 0.6 is 11.6 Å². The van der Waals surface area contributed by atoms with E-state index in [1.807, 2.05) is 28.9 Å². The van der Waals surface area contributed by atoms with Gasteiger partial charge in [0.2, 0.25) is 0 Å². The number of benzene rings is 1. The molecule has 3 rings (SSSR count). The average Bonchev–Trinajstić information content (AvgIpc) is 3.07. The van der Waals surface area contributed by atoms with Crippen LogP contribution in [0.3, 0.4) is 0 Å². The summed E-state index contributed by atoms with van der Waals surface area (Å²) in [5, 5.41) is 15.0. The molecule has 1 saturated heterocycles. The van der Waals surface area contributed by atoms with Crippen molar-refractivity contribution in [3.63, 3.8) is 0 Å². The van der Waals surface area contributed by atoms with Crippen molar-refractivity contribution in [2.75, 3.05) is 19.6 Å². The fourth-order valence-corrected chi connectivity index (χ4v) is 2.96. The van der Waals surface area contributed by atoms with Gasteiger partial charge in [0.1, 0.15) is 0 Å². The molecule has 1 aliphatic rings. The Morgan fingerprint density at radius 3 is 2.91 bits per heavy atom. The van der Waals surface area contributed by atoms with Crippen molar-refractivity contribution < 1.29 is 4.79 Å². The Hall–Kier alpha value is -1.92. The third kappa shape index (κ3) is 4.09. The molecule has 1 aromatic carbocycles. The highest BCUT2D eigenvalue weighted by Gasteiger charge is 2.18. The third-order valence-corrected chi connectivity index (χ3v) is 4.43. The van der Waals surface area contributed by atoms with E-state index in [1.54, 1.807) is 6.20 Å². The lowest BCUT2D eigenvalue weighted by Crippen LogP contribution is -2.29. The maximum Gasteiger partial charge on any atom is 0.273 e. The van der Waals surface area contributed by atoms with Gasteiger partial charge in [-0.3, -0.25) is 4.79 Å². The standard InChI is InChI=1S/C16H20ClN5O/c17-14-4-2-1-3-12(14)5-10-19-16(23)15-11-22(21-20-15)13-6-8-18-9-7-13/h1-4,11,13,18H,5-10H2,(H,19,23). The molecule has 2 aromatic rings. The molecule has 0 saturated carbocycles. The molecule has 6 nitrogen and oxygen atoms in total. The van der Waals surface area contributed by atoms with Crippen LogP contribution in [0.1, 0.15) is 34.9 Å². The first-order chi connectivity index (χ1) is 11.2. The van der Waals surface area contributed by atoms with Crippen molar-refractivity contribution in [3.8, 4) is 0 Å². The Kier molecular flexibility index (Phi) is 5.25. The van der Waals surface area contributed by atoms with Gasteiger partial charge in [-0.1, -0.05) is 35.0 Å². The van der Waals surface area contributed by atoms with Crippen molar-refractivity contribution in [2.45, 2.75) is 25.3 Å². The van der Waals surface area contributed by atoms with E-state index >= 15 is 0 Å². The number of carbonyl (C=O) groups excluding carboxylic acids is 1. The van der Waals surface area contributed by atoms with Crippen LogP contribution in [0.15, 0.2) is 30.5 Å². The Morgan fingerprint density at radius 2 is 2.13 bits per heavy atom. The molecule has 1 aromatic heterocycles. The highest BCUT2D eigenvalue weighted by Crippen LogP contribution is 2.17. The zero-order valence-corrected chi connectivity index (χ0v) is 13.6. The fourth-order valence-electron chi connectivity index (χ4n) is 2.73. The maximum atomic E-state index is 12.1. The summed E-state index contributed by atoms with van der Waals surface area (Å²) in [5.74, 6) is -0.197. The van der Waals surface area contributed by atoms with Crippen molar-refractivity contribution in [2.24, 2.45) is 0 Å². The van der Waals surface area contributed by atoms with E-state index in [0.29, 0.717) is 24.7 Å². The molecule has 23 heavy (non-hydrogen) atoms. The molecule has 1 amide bonds. The smallest absolute Gasteiger partial charge is 0.273 e. The van der Waals surface area contributed by atoms with Crippen molar-refractivity contribution in [3.05, 3.63) is 46.7 Å². The minimum atomic E-state index is -0.197. The van der Waals surface area contributed by atoms with Gasteiger partial charge in [0, 0.05) is 11.6 Å². The lowest BCUT2D eigenvalue weighted by atomic mass is 10.1. The Morgan fingerprint density at radius 1 is 1.35 bits per heavy atom. The summed E-state index contributed by atoms with van der Waals surface area (Å²) in [4.78, 5) is 12.1. The first-order valence-electron chi connectivity index (χ1n) is 7.88. The van der Waals surface area contributed by atoms with Crippen LogP contribution < -0.4 is 10.6 Å². The van der Waals surface area contributed by atoms with Gasteiger partial charge in [-0.05, 0) is 44.0 Å². The summed E-state index contributed by atoms with van der Waals surface area (Å²) in [6, 6.07) is 7.97. The molecular formula is C16H20ClN5O. The van der Waals surface area contributed by atoms with Crippen LogP contribution in [0.5, 0.6) is 0 Å². The van der Waals surface area contributed by atoms with Crippen LogP contribution in [0.25, 0.3) is 0 Å². The van der Waals surface area contributed by atoms with Gasteiger partial charge in [0.05, 0.1) is 12.2 Å². The van der Waals surface area contributed by atoms with Crippen LogP contribution in [0, 0.1) is 0 Å². The topological polar surface area (TPSA) is 71.8 Å². The van der Waals surface area contributed by atoms with Gasteiger partial charge < -0.3 is 10.6 Å². The SMILES string of the molecule is O=C(NCCc1ccccc1Cl)c1cn(C2CCNCC2)nn1. The number of piperidine rings is 1. The predicted octanol–water partition coefficient (Wildman–Crippen LogP) is 1.83. The molecule has 1 aliphatic heterocycles. The summed E-state index contributed by atoms with van der Waals surface area (Å²) in [7, 11) is 0. The van der Waals surface area contributed by atoms with Gasteiger partial charge in [-0.15, -0.1) is 5.10 Å². The molecule has 0 atom stereocenters. The van der Waals surface area contributed by atoms with Crippen LogP contribution in [-0.2, 0) is 6.42 Å². The highest BCUT2D eigenvalue weighted by molar-refractivity contribution is 6.31. The second-order valence-electron chi connectivity index (χ2n) is 5.66. The molecular weight excluding hydrogens is 314 g/mol. The van der Waals surface area contributed by atoms with E-state index in [4.69, 9.17) is 11.6 Å². The Balaban J connectivity index is 1.52. The van der Waals surface area contributed by atoms with E-state index in [1.165, 1.54) is 0 Å². The van der Waals surface area contributed by atoms with Gasteiger partial charge in [-0.2, -0.15) is 0 Å². The van der Waals surface area contributed by atoms with E-state index in [2.05, 4.69) is 20.9 Å². The van der Waals surface area contributed by atoms with Gasteiger partial charge in [-0.25, -0.2) is 4.68 Å². The Bertz CT molecular complexity index is 666. The molecule has 0 spiro atoms. The van der Waals surface area contributed by atoms with Crippen LogP contribution in [-0.4, -0.2) is 40.5 Å². The number of hydrogen-bond donors (Lipinski definition) is 2. The van der Waals surface area contributed by atoms with Gasteiger partial charge in [0.25, 0.3) is 5.91 Å². The van der Waals surface area contributed by atoms with E-state index in [9.17, 15) is 4.79 Å². The predicted molar refractivity (Wildman–Crippen MR) is 88.7 cm³/mol. The summed E-state index contributed by atoms with van der Waals surface area (Å²) in [5.41, 5.74) is 1.38. The molecule has 0 aliphatic carbocycles. The van der Waals surface area contributed by atoms with Crippen LogP contribution in [0.2, 0.25) is 5.02 Å². The first kappa shape index (κ1) is 16.0. The summed E-state index contributed by atoms with van der Waals surface area (Å²) in [6.45, 7) is 2.47. The van der Waals surface area contributed by atoms with E-state index < -0.39 is 0 Å². The normalized spacial score (nSPS) is 15.5. The molecule has 122 valence electrons. The van der Waals surface area contributed by atoms with Crippen molar-refractivity contribution in [1.82, 2.24) is 25.6 Å². The molecule has 0 radical (unpaired) electrons. The molecule has 0 bridgehead atoms. The summed E-state index contributed by atoms with van der Waals surface area (Å²) in [6.07, 6.45) is 4.45. The zero-order chi connectivity index (χ0) is 16.1. The van der Waals surface area contributed by atoms with Gasteiger partial charge in [0.15, 0.2) is 5.69 Å². The van der Waals surface area contributed by atoms with E-state index in [-0.39, 0.29) is 5.91 Å². The Labute approximate surface area is 140 Å². The summed E-state index contributed by atoms with van der Waals surface area (Å²) >= 11 is 6.10. The number of hydrogen-bond acceptors (Lipinski definition) is 4. The quantitative estimate of drug-likeness (QED) is 0.875. The second kappa shape index (κ2) is 7.57. The monoisotopic (exact) mass is 333 g/mol. The lowest BCUT2D eigenvalue weighted by Gasteiger charge is -2.22. The molecule has 2 heterocycles. The van der Waals surface area contributed by atoms with Crippen LogP contribution in [0.4, 0.5) is 0 Å². The van der Waals surface area contributed by atoms with Gasteiger partial charge >= 0.3 is 0 Å². The third-order valence-electron chi connectivity index (χ3n) is 4.06. The molecule has 1 fully saturated rings. The first-order valence-corrected chi connectivity index (χ1v) is 8.26. The largest absolute Gasteiger partial charge is 0.350 e. The minimum Gasteiger partial charge on any atom is -0.350 e. The van der Waals surface area contributed by atoms with Crippen molar-refractivity contribution >= 4 is 17.5 Å². The number of rotatable bonds is 5. The number of carbonyl (C=O) groups is 1. The lowest BCUT2D eigenvalue weighted by molar-refractivity contribution is 0.0949. The number of nitrogens with one attached hydrogen (secondary N) is 2. The maximum absolute atomic E-state index is 12.1. The van der Waals surface area contributed by atoms with E-state index in [0.717, 1.165) is 36.5 Å². The number of aromatic nitrogens is 3. The number of nitrogens with zero attached hydrogens (tertiary/aromatic N) is 3. The summed E-state index contributed by atoms with van der Waals surface area (Å²) < 4.78 is 1.81. The zero-order valence-electron chi connectivity index (χ0n) is 12.8. The molecule has 7 heteroatoms. The number of halogens is 1. The molecule has 0 unspecified atom stereocenters. The molecule has 2 N–H and O–H groups in total. The minimum absolute atomic E-state index is 0.197. The number of amides is 1. The van der Waals surface area contributed by atoms with Crippen molar-refractivity contribution in [1.29, 1.82) is 0 Å². The average molecular weight is 334 g/mol. The highest BCUT2D eigenvalue weighted by atomic mass is 35.5. The fraction of sp³-hybridized carbons (Fsp3) is 0.438. The second-order valence-corrected chi connectivity index (χ2v) is 6.07.